The van der Waals surface area contributed by atoms with E-state index in [1.165, 1.54) is 0 Å². The molecular formula is C17H15ClN2O. The number of aromatic nitrogens is 1. The summed E-state index contributed by atoms with van der Waals surface area (Å²) in [7, 11) is 0. The molecule has 0 aliphatic carbocycles. The predicted molar refractivity (Wildman–Crippen MR) is 88.7 cm³/mol. The third kappa shape index (κ3) is 2.41. The van der Waals surface area contributed by atoms with Crippen molar-refractivity contribution in [1.29, 1.82) is 0 Å². The van der Waals surface area contributed by atoms with Crippen LogP contribution in [0.1, 0.15) is 6.92 Å². The molecule has 0 radical (unpaired) electrons. The number of anilines is 1. The zero-order chi connectivity index (χ0) is 15.0. The van der Waals surface area contributed by atoms with Gasteiger partial charge in [0, 0.05) is 22.8 Å². The molecule has 0 fully saturated rings. The second-order valence-electron chi connectivity index (χ2n) is 4.94. The molecule has 0 unspecified atom stereocenters. The van der Waals surface area contributed by atoms with Crippen molar-refractivity contribution in [3.05, 3.63) is 63.9 Å². The number of aryl methyl sites for hydroxylation is 1. The van der Waals surface area contributed by atoms with Crippen LogP contribution in [0.15, 0.2) is 53.3 Å². The number of nitrogens with two attached hydrogens (primary N) is 1. The summed E-state index contributed by atoms with van der Waals surface area (Å²) in [6.45, 7) is 2.54. The maximum atomic E-state index is 12.7. The summed E-state index contributed by atoms with van der Waals surface area (Å²) in [5.74, 6) is 0. The standard InChI is InChI=1S/C17H15ClN2O/c1-2-20-16-10-14(19)7-6-12(16)9-15(17(20)21)11-4-3-5-13(18)8-11/h3-10H,2,19H2,1H3. The van der Waals surface area contributed by atoms with Crippen LogP contribution in [0.25, 0.3) is 22.0 Å². The Balaban J connectivity index is 2.37. The fraction of sp³-hybridized carbons (Fsp3) is 0.118. The normalized spacial score (nSPS) is 11.0. The highest BCUT2D eigenvalue weighted by Gasteiger charge is 2.10. The first-order valence-electron chi connectivity index (χ1n) is 6.79. The first kappa shape index (κ1) is 13.7. The molecule has 0 atom stereocenters. The molecule has 106 valence electrons. The molecule has 3 aromatic rings. The fourth-order valence-electron chi connectivity index (χ4n) is 2.57. The molecule has 0 amide bonds. The van der Waals surface area contributed by atoms with E-state index in [1.54, 1.807) is 16.7 Å². The Bertz CT molecular complexity index is 884. The lowest BCUT2D eigenvalue weighted by molar-refractivity contribution is 0.762. The van der Waals surface area contributed by atoms with E-state index in [1.807, 2.05) is 43.3 Å². The van der Waals surface area contributed by atoms with Gasteiger partial charge in [-0.3, -0.25) is 4.79 Å². The zero-order valence-corrected chi connectivity index (χ0v) is 12.4. The lowest BCUT2D eigenvalue weighted by Crippen LogP contribution is -2.21. The molecule has 4 heteroatoms. The highest BCUT2D eigenvalue weighted by atomic mass is 35.5. The number of hydrogen-bond acceptors (Lipinski definition) is 2. The van der Waals surface area contributed by atoms with Gasteiger partial charge in [-0.05, 0) is 48.2 Å². The summed E-state index contributed by atoms with van der Waals surface area (Å²) in [5, 5.41) is 1.60. The van der Waals surface area contributed by atoms with Crippen molar-refractivity contribution < 1.29 is 0 Å². The molecule has 0 saturated heterocycles. The molecule has 0 bridgehead atoms. The molecule has 0 aliphatic rings. The second-order valence-corrected chi connectivity index (χ2v) is 5.37. The van der Waals surface area contributed by atoms with Gasteiger partial charge in [-0.25, -0.2) is 0 Å². The van der Waals surface area contributed by atoms with Crippen LogP contribution in [0, 0.1) is 0 Å². The Morgan fingerprint density at radius 2 is 1.95 bits per heavy atom. The van der Waals surface area contributed by atoms with Crippen LogP contribution in [0.3, 0.4) is 0 Å². The number of hydrogen-bond donors (Lipinski definition) is 1. The lowest BCUT2D eigenvalue weighted by Gasteiger charge is -2.12. The van der Waals surface area contributed by atoms with E-state index in [9.17, 15) is 4.79 Å². The van der Waals surface area contributed by atoms with Gasteiger partial charge in [-0.1, -0.05) is 29.8 Å². The monoisotopic (exact) mass is 298 g/mol. The summed E-state index contributed by atoms with van der Waals surface area (Å²) in [5.41, 5.74) is 8.79. The lowest BCUT2D eigenvalue weighted by atomic mass is 10.0. The van der Waals surface area contributed by atoms with Crippen molar-refractivity contribution in [3.8, 4) is 11.1 Å². The van der Waals surface area contributed by atoms with Gasteiger partial charge >= 0.3 is 0 Å². The second kappa shape index (κ2) is 5.26. The minimum atomic E-state index is -0.0298. The van der Waals surface area contributed by atoms with Gasteiger partial charge in [0.2, 0.25) is 0 Å². The molecule has 0 saturated carbocycles. The Morgan fingerprint density at radius 3 is 2.67 bits per heavy atom. The molecule has 3 nitrogen and oxygen atoms in total. The highest BCUT2D eigenvalue weighted by Crippen LogP contribution is 2.24. The molecular weight excluding hydrogens is 284 g/mol. The molecule has 1 aromatic heterocycles. The van der Waals surface area contributed by atoms with E-state index in [4.69, 9.17) is 17.3 Å². The maximum absolute atomic E-state index is 12.7. The van der Waals surface area contributed by atoms with Crippen LogP contribution in [0.5, 0.6) is 0 Å². The summed E-state index contributed by atoms with van der Waals surface area (Å²) in [6.07, 6.45) is 0. The van der Waals surface area contributed by atoms with E-state index in [2.05, 4.69) is 0 Å². The summed E-state index contributed by atoms with van der Waals surface area (Å²) in [4.78, 5) is 12.7. The van der Waals surface area contributed by atoms with Crippen molar-refractivity contribution in [2.45, 2.75) is 13.5 Å². The van der Waals surface area contributed by atoms with Crippen molar-refractivity contribution in [1.82, 2.24) is 4.57 Å². The molecule has 0 spiro atoms. The third-order valence-corrected chi connectivity index (χ3v) is 3.81. The van der Waals surface area contributed by atoms with E-state index < -0.39 is 0 Å². The summed E-state index contributed by atoms with van der Waals surface area (Å²) < 4.78 is 1.74. The van der Waals surface area contributed by atoms with Crippen LogP contribution in [-0.2, 0) is 6.54 Å². The zero-order valence-electron chi connectivity index (χ0n) is 11.6. The topological polar surface area (TPSA) is 48.0 Å². The van der Waals surface area contributed by atoms with E-state index in [0.717, 1.165) is 16.5 Å². The maximum Gasteiger partial charge on any atom is 0.258 e. The minimum absolute atomic E-state index is 0.0298. The van der Waals surface area contributed by atoms with Crippen molar-refractivity contribution in [2.24, 2.45) is 0 Å². The van der Waals surface area contributed by atoms with E-state index in [-0.39, 0.29) is 5.56 Å². The first-order chi connectivity index (χ1) is 10.1. The summed E-state index contributed by atoms with van der Waals surface area (Å²) in [6, 6.07) is 14.9. The van der Waals surface area contributed by atoms with Gasteiger partial charge in [0.05, 0.1) is 5.52 Å². The number of pyridine rings is 1. The smallest absolute Gasteiger partial charge is 0.258 e. The molecule has 1 heterocycles. The molecule has 2 N–H and O–H groups in total. The number of nitrogens with zero attached hydrogens (tertiary/aromatic N) is 1. The number of halogens is 1. The molecule has 0 aliphatic heterocycles. The van der Waals surface area contributed by atoms with Crippen LogP contribution < -0.4 is 11.3 Å². The number of fused-ring (bicyclic) bond motifs is 1. The SMILES string of the molecule is CCn1c(=O)c(-c2cccc(Cl)c2)cc2ccc(N)cc21. The van der Waals surface area contributed by atoms with Crippen LogP contribution >= 0.6 is 11.6 Å². The predicted octanol–water partition coefficient (Wildman–Crippen LogP) is 3.92. The number of rotatable bonds is 2. The van der Waals surface area contributed by atoms with Crippen LogP contribution in [0.2, 0.25) is 5.02 Å². The molecule has 3 rings (SSSR count). The number of benzene rings is 2. The Morgan fingerprint density at radius 1 is 1.14 bits per heavy atom. The average Bonchev–Trinajstić information content (AvgIpc) is 2.47. The number of nitrogen functional groups attached to an aromatic ring is 1. The van der Waals surface area contributed by atoms with Gasteiger partial charge in [-0.15, -0.1) is 0 Å². The third-order valence-electron chi connectivity index (χ3n) is 3.57. The molecule has 2 aromatic carbocycles. The van der Waals surface area contributed by atoms with E-state index >= 15 is 0 Å². The van der Waals surface area contributed by atoms with Crippen LogP contribution in [-0.4, -0.2) is 4.57 Å². The minimum Gasteiger partial charge on any atom is -0.399 e. The Hall–Kier alpha value is -2.26. The van der Waals surface area contributed by atoms with Crippen molar-refractivity contribution in [3.63, 3.8) is 0 Å². The Kier molecular flexibility index (Phi) is 3.43. The van der Waals surface area contributed by atoms with Crippen LogP contribution in [0.4, 0.5) is 5.69 Å². The quantitative estimate of drug-likeness (QED) is 0.729. The first-order valence-corrected chi connectivity index (χ1v) is 7.17. The van der Waals surface area contributed by atoms with Gasteiger partial charge in [-0.2, -0.15) is 0 Å². The highest BCUT2D eigenvalue weighted by molar-refractivity contribution is 6.30. The van der Waals surface area contributed by atoms with Crippen molar-refractivity contribution in [2.75, 3.05) is 5.73 Å². The fourth-order valence-corrected chi connectivity index (χ4v) is 2.76. The van der Waals surface area contributed by atoms with Gasteiger partial charge < -0.3 is 10.3 Å². The van der Waals surface area contributed by atoms with E-state index in [0.29, 0.717) is 22.8 Å². The molecule has 21 heavy (non-hydrogen) atoms. The average molecular weight is 299 g/mol. The van der Waals surface area contributed by atoms with Crippen molar-refractivity contribution >= 4 is 28.2 Å². The van der Waals surface area contributed by atoms with Gasteiger partial charge in [0.1, 0.15) is 0 Å². The Labute approximate surface area is 127 Å². The van der Waals surface area contributed by atoms with Gasteiger partial charge in [0.15, 0.2) is 0 Å². The largest absolute Gasteiger partial charge is 0.399 e. The van der Waals surface area contributed by atoms with Gasteiger partial charge in [0.25, 0.3) is 5.56 Å². The summed E-state index contributed by atoms with van der Waals surface area (Å²) >= 11 is 6.03.